The highest BCUT2D eigenvalue weighted by molar-refractivity contribution is 6.31. The van der Waals surface area contributed by atoms with Crippen molar-refractivity contribution in [1.29, 1.82) is 0 Å². The van der Waals surface area contributed by atoms with Crippen molar-refractivity contribution in [3.8, 4) is 22.5 Å². The number of aromatic nitrogens is 3. The molecule has 0 fully saturated rings. The van der Waals surface area contributed by atoms with Gasteiger partial charge in [-0.3, -0.25) is 4.79 Å². The van der Waals surface area contributed by atoms with Gasteiger partial charge in [-0.25, -0.2) is 18.2 Å². The van der Waals surface area contributed by atoms with Gasteiger partial charge in [0.2, 0.25) is 0 Å². The third-order valence-electron chi connectivity index (χ3n) is 6.88. The summed E-state index contributed by atoms with van der Waals surface area (Å²) in [7, 11) is 0. The van der Waals surface area contributed by atoms with Crippen LogP contribution in [-0.4, -0.2) is 20.4 Å². The average molecular weight is 605 g/mol. The van der Waals surface area contributed by atoms with Crippen LogP contribution in [0, 0.1) is 17.5 Å². The molecule has 0 unspecified atom stereocenters. The predicted molar refractivity (Wildman–Crippen MR) is 158 cm³/mol. The van der Waals surface area contributed by atoms with Crippen LogP contribution in [0.1, 0.15) is 21.6 Å². The van der Waals surface area contributed by atoms with E-state index >= 15 is 0 Å². The molecule has 2 heterocycles. The SMILES string of the molecule is O=C(NCc1ccc(F)c(F)c1)c1[nH]c2cc(Cl)ccc2c1-c1c(-c2ccc(F)cc2)ncn1Cc1ccc(Cl)cc1. The van der Waals surface area contributed by atoms with Gasteiger partial charge in [-0.15, -0.1) is 0 Å². The Morgan fingerprint density at radius 2 is 1.55 bits per heavy atom. The van der Waals surface area contributed by atoms with Crippen LogP contribution in [0.3, 0.4) is 0 Å². The van der Waals surface area contributed by atoms with Gasteiger partial charge in [0.25, 0.3) is 5.91 Å². The van der Waals surface area contributed by atoms with Gasteiger partial charge in [0.05, 0.1) is 17.7 Å². The zero-order chi connectivity index (χ0) is 29.4. The van der Waals surface area contributed by atoms with Crippen LogP contribution < -0.4 is 5.32 Å². The van der Waals surface area contributed by atoms with Crippen molar-refractivity contribution >= 4 is 40.0 Å². The minimum atomic E-state index is -1.00. The van der Waals surface area contributed by atoms with Crippen molar-refractivity contribution < 1.29 is 18.0 Å². The Morgan fingerprint density at radius 3 is 2.29 bits per heavy atom. The second-order valence-electron chi connectivity index (χ2n) is 9.70. The molecule has 0 radical (unpaired) electrons. The number of rotatable bonds is 7. The van der Waals surface area contributed by atoms with Crippen LogP contribution in [0.25, 0.3) is 33.4 Å². The Kier molecular flexibility index (Phi) is 7.49. The summed E-state index contributed by atoms with van der Waals surface area (Å²) in [5.41, 5.74) is 4.51. The smallest absolute Gasteiger partial charge is 0.268 e. The lowest BCUT2D eigenvalue weighted by atomic mass is 10.0. The van der Waals surface area contributed by atoms with Crippen LogP contribution in [0.4, 0.5) is 13.2 Å². The molecule has 210 valence electrons. The highest BCUT2D eigenvalue weighted by Gasteiger charge is 2.26. The molecule has 0 aliphatic heterocycles. The van der Waals surface area contributed by atoms with Gasteiger partial charge in [-0.1, -0.05) is 47.5 Å². The molecular weight excluding hydrogens is 584 g/mol. The quantitative estimate of drug-likeness (QED) is 0.192. The van der Waals surface area contributed by atoms with E-state index in [-0.39, 0.29) is 18.1 Å². The molecule has 5 nitrogen and oxygen atoms in total. The van der Waals surface area contributed by atoms with E-state index in [1.54, 1.807) is 42.7 Å². The highest BCUT2D eigenvalue weighted by atomic mass is 35.5. The van der Waals surface area contributed by atoms with Crippen molar-refractivity contribution in [3.05, 3.63) is 136 Å². The van der Waals surface area contributed by atoms with Crippen LogP contribution in [0.2, 0.25) is 10.0 Å². The highest BCUT2D eigenvalue weighted by Crippen LogP contribution is 2.39. The number of carbonyl (C=O) groups excluding carboxylic acids is 1. The van der Waals surface area contributed by atoms with E-state index < -0.39 is 17.5 Å². The Balaban J connectivity index is 1.50. The number of hydrogen-bond acceptors (Lipinski definition) is 2. The second kappa shape index (κ2) is 11.4. The molecule has 0 saturated carbocycles. The lowest BCUT2D eigenvalue weighted by Crippen LogP contribution is -2.24. The molecule has 10 heteroatoms. The number of halogens is 5. The number of nitrogens with zero attached hydrogens (tertiary/aromatic N) is 2. The fourth-order valence-electron chi connectivity index (χ4n) is 4.88. The fraction of sp³-hybridized carbons (Fsp3) is 0.0625. The minimum Gasteiger partial charge on any atom is -0.350 e. The maximum Gasteiger partial charge on any atom is 0.268 e. The van der Waals surface area contributed by atoms with Gasteiger partial charge >= 0.3 is 0 Å². The first-order valence-corrected chi connectivity index (χ1v) is 13.6. The number of carbonyl (C=O) groups is 1. The average Bonchev–Trinajstić information content (AvgIpc) is 3.55. The summed E-state index contributed by atoms with van der Waals surface area (Å²) < 4.78 is 43.0. The molecule has 0 atom stereocenters. The molecule has 2 N–H and O–H groups in total. The molecule has 6 aromatic rings. The summed E-state index contributed by atoms with van der Waals surface area (Å²) >= 11 is 12.4. The van der Waals surface area contributed by atoms with Gasteiger partial charge in [0, 0.05) is 45.2 Å². The van der Waals surface area contributed by atoms with E-state index in [0.717, 1.165) is 17.7 Å². The van der Waals surface area contributed by atoms with Gasteiger partial charge < -0.3 is 14.9 Å². The van der Waals surface area contributed by atoms with E-state index in [1.807, 2.05) is 22.8 Å². The fourth-order valence-corrected chi connectivity index (χ4v) is 5.17. The standard InChI is InChI=1S/C32H21Cl2F3N4O/c33-21-6-1-18(2-7-21)16-41-17-39-29(20-4-9-23(35)10-5-20)31(41)28-24-11-8-22(34)14-27(24)40-30(28)32(42)38-15-19-3-12-25(36)26(37)13-19/h1-14,17,40H,15-16H2,(H,38,42). The molecule has 6 rings (SSSR count). The lowest BCUT2D eigenvalue weighted by molar-refractivity contribution is 0.0947. The van der Waals surface area contributed by atoms with Crippen molar-refractivity contribution in [2.75, 3.05) is 0 Å². The summed E-state index contributed by atoms with van der Waals surface area (Å²) in [6.45, 7) is 0.358. The van der Waals surface area contributed by atoms with Crippen LogP contribution in [0.15, 0.2) is 91.3 Å². The maximum atomic E-state index is 13.8. The molecule has 0 bridgehead atoms. The number of H-pyrrole nitrogens is 1. The lowest BCUT2D eigenvalue weighted by Gasteiger charge is -2.13. The molecule has 0 aliphatic carbocycles. The van der Waals surface area contributed by atoms with Crippen LogP contribution in [0.5, 0.6) is 0 Å². The molecule has 1 amide bonds. The van der Waals surface area contributed by atoms with Crippen molar-refractivity contribution in [2.45, 2.75) is 13.1 Å². The monoisotopic (exact) mass is 604 g/mol. The first-order chi connectivity index (χ1) is 20.3. The summed E-state index contributed by atoms with van der Waals surface area (Å²) in [5.74, 6) is -2.84. The normalized spacial score (nSPS) is 11.3. The Labute approximate surface area is 248 Å². The Morgan fingerprint density at radius 1 is 0.833 bits per heavy atom. The summed E-state index contributed by atoms with van der Waals surface area (Å²) in [5, 5.41) is 4.57. The number of amides is 1. The van der Waals surface area contributed by atoms with E-state index in [0.29, 0.717) is 55.6 Å². The zero-order valence-corrected chi connectivity index (χ0v) is 23.3. The van der Waals surface area contributed by atoms with Gasteiger partial charge in [0.15, 0.2) is 11.6 Å². The maximum absolute atomic E-state index is 13.8. The largest absolute Gasteiger partial charge is 0.350 e. The van der Waals surface area contributed by atoms with E-state index in [4.69, 9.17) is 23.2 Å². The first kappa shape index (κ1) is 27.6. The molecule has 0 aliphatic rings. The molecule has 0 saturated heterocycles. The number of hydrogen-bond donors (Lipinski definition) is 2. The van der Waals surface area contributed by atoms with Crippen molar-refractivity contribution in [1.82, 2.24) is 19.9 Å². The van der Waals surface area contributed by atoms with Crippen molar-refractivity contribution in [2.24, 2.45) is 0 Å². The Hall–Kier alpha value is -4.53. The summed E-state index contributed by atoms with van der Waals surface area (Å²) in [6, 6.07) is 22.0. The Bertz CT molecular complexity index is 1930. The number of aromatic amines is 1. The number of benzene rings is 4. The van der Waals surface area contributed by atoms with E-state index in [2.05, 4.69) is 15.3 Å². The third-order valence-corrected chi connectivity index (χ3v) is 7.37. The van der Waals surface area contributed by atoms with Crippen LogP contribution in [-0.2, 0) is 13.1 Å². The number of fused-ring (bicyclic) bond motifs is 1. The molecule has 4 aromatic carbocycles. The van der Waals surface area contributed by atoms with Crippen LogP contribution >= 0.6 is 23.2 Å². The summed E-state index contributed by atoms with van der Waals surface area (Å²) in [6.07, 6.45) is 1.67. The second-order valence-corrected chi connectivity index (χ2v) is 10.6. The predicted octanol–water partition coefficient (Wildman–Crippen LogP) is 8.40. The van der Waals surface area contributed by atoms with Gasteiger partial charge in [-0.05, 0) is 71.8 Å². The van der Waals surface area contributed by atoms with E-state index in [9.17, 15) is 18.0 Å². The molecule has 42 heavy (non-hydrogen) atoms. The summed E-state index contributed by atoms with van der Waals surface area (Å²) in [4.78, 5) is 21.6. The van der Waals surface area contributed by atoms with Gasteiger partial charge in [-0.2, -0.15) is 0 Å². The minimum absolute atomic E-state index is 0.0412. The number of nitrogens with one attached hydrogen (secondary N) is 2. The third kappa shape index (κ3) is 5.51. The molecule has 2 aromatic heterocycles. The topological polar surface area (TPSA) is 62.7 Å². The van der Waals surface area contributed by atoms with Crippen molar-refractivity contribution in [3.63, 3.8) is 0 Å². The zero-order valence-electron chi connectivity index (χ0n) is 21.8. The molecule has 0 spiro atoms. The molecular formula is C32H21Cl2F3N4O. The first-order valence-electron chi connectivity index (χ1n) is 12.9. The van der Waals surface area contributed by atoms with E-state index in [1.165, 1.54) is 18.2 Å². The van der Waals surface area contributed by atoms with Gasteiger partial charge in [0.1, 0.15) is 11.5 Å². The number of imidazole rings is 1.